The molecular formula is C13H21N3O2. The quantitative estimate of drug-likeness (QED) is 0.668. The van der Waals surface area contributed by atoms with E-state index in [1.54, 1.807) is 13.3 Å². The number of amides is 1. The van der Waals surface area contributed by atoms with Gasteiger partial charge in [0.2, 0.25) is 5.91 Å². The van der Waals surface area contributed by atoms with Gasteiger partial charge in [-0.25, -0.2) is 0 Å². The van der Waals surface area contributed by atoms with Crippen molar-refractivity contribution in [3.8, 4) is 0 Å². The van der Waals surface area contributed by atoms with Gasteiger partial charge >= 0.3 is 0 Å². The van der Waals surface area contributed by atoms with Gasteiger partial charge < -0.3 is 15.4 Å². The minimum absolute atomic E-state index is 0.00188. The summed E-state index contributed by atoms with van der Waals surface area (Å²) < 4.78 is 4.91. The highest BCUT2D eigenvalue weighted by atomic mass is 16.5. The molecule has 0 aromatic carbocycles. The van der Waals surface area contributed by atoms with Crippen molar-refractivity contribution in [2.24, 2.45) is 0 Å². The lowest BCUT2D eigenvalue weighted by molar-refractivity contribution is -0.122. The first-order valence-corrected chi connectivity index (χ1v) is 6.14. The summed E-state index contributed by atoms with van der Waals surface area (Å²) in [6.07, 6.45) is 2.57. The van der Waals surface area contributed by atoms with Gasteiger partial charge in [0.25, 0.3) is 0 Å². The molecule has 0 saturated carbocycles. The molecule has 1 aromatic rings. The fourth-order valence-corrected chi connectivity index (χ4v) is 1.43. The lowest BCUT2D eigenvalue weighted by Gasteiger charge is -2.13. The Morgan fingerprint density at radius 1 is 1.50 bits per heavy atom. The van der Waals surface area contributed by atoms with Crippen molar-refractivity contribution in [2.75, 3.05) is 20.3 Å². The Labute approximate surface area is 108 Å². The third-order valence-electron chi connectivity index (χ3n) is 2.53. The van der Waals surface area contributed by atoms with Crippen molar-refractivity contribution in [2.45, 2.75) is 25.9 Å². The Kier molecular flexibility index (Phi) is 6.98. The fraction of sp³-hybridized carbons (Fsp3) is 0.538. The van der Waals surface area contributed by atoms with Gasteiger partial charge in [-0.15, -0.1) is 0 Å². The molecule has 0 radical (unpaired) electrons. The van der Waals surface area contributed by atoms with E-state index in [0.29, 0.717) is 19.7 Å². The summed E-state index contributed by atoms with van der Waals surface area (Å²) in [6.45, 7) is 3.74. The lowest BCUT2D eigenvalue weighted by Crippen LogP contribution is -2.42. The smallest absolute Gasteiger partial charge is 0.236 e. The van der Waals surface area contributed by atoms with Crippen LogP contribution in [-0.4, -0.2) is 37.2 Å². The molecule has 100 valence electrons. The molecule has 0 bridgehead atoms. The van der Waals surface area contributed by atoms with Crippen LogP contribution in [-0.2, 0) is 16.1 Å². The first kappa shape index (κ1) is 14.6. The topological polar surface area (TPSA) is 63.2 Å². The number of nitrogens with zero attached hydrogens (tertiary/aromatic N) is 1. The maximum atomic E-state index is 11.7. The third kappa shape index (κ3) is 5.75. The molecule has 1 rings (SSSR count). The van der Waals surface area contributed by atoms with E-state index in [1.807, 2.05) is 25.1 Å². The Balaban J connectivity index is 2.19. The monoisotopic (exact) mass is 251 g/mol. The van der Waals surface area contributed by atoms with Crippen molar-refractivity contribution < 1.29 is 9.53 Å². The summed E-state index contributed by atoms with van der Waals surface area (Å²) in [5, 5.41) is 5.99. The van der Waals surface area contributed by atoms with Gasteiger partial charge in [0.1, 0.15) is 0 Å². The van der Waals surface area contributed by atoms with Gasteiger partial charge in [-0.2, -0.15) is 0 Å². The zero-order valence-electron chi connectivity index (χ0n) is 11.0. The second-order valence-electron chi connectivity index (χ2n) is 4.06. The highest BCUT2D eigenvalue weighted by Crippen LogP contribution is 1.93. The third-order valence-corrected chi connectivity index (χ3v) is 2.53. The maximum absolute atomic E-state index is 11.7. The van der Waals surface area contributed by atoms with Crippen LogP contribution in [0.1, 0.15) is 19.0 Å². The zero-order valence-corrected chi connectivity index (χ0v) is 11.0. The second-order valence-corrected chi connectivity index (χ2v) is 4.06. The number of ether oxygens (including phenoxy) is 1. The van der Waals surface area contributed by atoms with Gasteiger partial charge in [0.15, 0.2) is 0 Å². The van der Waals surface area contributed by atoms with E-state index in [0.717, 1.165) is 12.1 Å². The van der Waals surface area contributed by atoms with Crippen LogP contribution < -0.4 is 10.6 Å². The summed E-state index contributed by atoms with van der Waals surface area (Å²) in [4.78, 5) is 15.9. The molecule has 1 aromatic heterocycles. The fourth-order valence-electron chi connectivity index (χ4n) is 1.43. The SMILES string of the molecule is COCCCNC(=O)C(C)NCc1ccccn1. The largest absolute Gasteiger partial charge is 0.385 e. The number of rotatable bonds is 8. The average molecular weight is 251 g/mol. The Morgan fingerprint density at radius 2 is 2.33 bits per heavy atom. The van der Waals surface area contributed by atoms with E-state index in [4.69, 9.17) is 4.74 Å². The molecule has 2 N–H and O–H groups in total. The van der Waals surface area contributed by atoms with E-state index in [-0.39, 0.29) is 11.9 Å². The second kappa shape index (κ2) is 8.60. The van der Waals surface area contributed by atoms with Gasteiger partial charge in [0, 0.05) is 33.0 Å². The molecule has 0 saturated heterocycles. The summed E-state index contributed by atoms with van der Waals surface area (Å²) in [5.41, 5.74) is 0.927. The van der Waals surface area contributed by atoms with Crippen molar-refractivity contribution in [3.05, 3.63) is 30.1 Å². The number of carbonyl (C=O) groups is 1. The molecule has 1 amide bonds. The molecule has 0 aliphatic rings. The van der Waals surface area contributed by atoms with Crippen molar-refractivity contribution in [3.63, 3.8) is 0 Å². The van der Waals surface area contributed by atoms with Crippen LogP contribution in [0, 0.1) is 0 Å². The minimum Gasteiger partial charge on any atom is -0.385 e. The van der Waals surface area contributed by atoms with Gasteiger partial charge in [-0.3, -0.25) is 9.78 Å². The molecule has 0 spiro atoms. The van der Waals surface area contributed by atoms with Crippen LogP contribution in [0.15, 0.2) is 24.4 Å². The Bertz CT molecular complexity index is 343. The number of carbonyl (C=O) groups excluding carboxylic acids is 1. The normalized spacial score (nSPS) is 12.1. The average Bonchev–Trinajstić information content (AvgIpc) is 2.42. The van der Waals surface area contributed by atoms with Crippen LogP contribution >= 0.6 is 0 Å². The Hall–Kier alpha value is -1.46. The van der Waals surface area contributed by atoms with Crippen LogP contribution in [0.25, 0.3) is 0 Å². The lowest BCUT2D eigenvalue weighted by atomic mass is 10.3. The highest BCUT2D eigenvalue weighted by Gasteiger charge is 2.11. The van der Waals surface area contributed by atoms with E-state index < -0.39 is 0 Å². The van der Waals surface area contributed by atoms with Crippen molar-refractivity contribution in [1.82, 2.24) is 15.6 Å². The van der Waals surface area contributed by atoms with E-state index in [9.17, 15) is 4.79 Å². The van der Waals surface area contributed by atoms with Crippen molar-refractivity contribution >= 4 is 5.91 Å². The standard InChI is InChI=1S/C13H21N3O2/c1-11(13(17)15-8-5-9-18-2)16-10-12-6-3-4-7-14-12/h3-4,6-7,11,16H,5,8-10H2,1-2H3,(H,15,17). The molecule has 5 nitrogen and oxygen atoms in total. The first-order valence-electron chi connectivity index (χ1n) is 6.14. The van der Waals surface area contributed by atoms with Crippen LogP contribution in [0.2, 0.25) is 0 Å². The predicted octanol–water partition coefficient (Wildman–Crippen LogP) is 0.712. The zero-order chi connectivity index (χ0) is 13.2. The molecular weight excluding hydrogens is 230 g/mol. The predicted molar refractivity (Wildman–Crippen MR) is 70.0 cm³/mol. The molecule has 1 atom stereocenters. The van der Waals surface area contributed by atoms with Crippen LogP contribution in [0.4, 0.5) is 0 Å². The Morgan fingerprint density at radius 3 is 3.00 bits per heavy atom. The molecule has 5 heteroatoms. The number of pyridine rings is 1. The van der Waals surface area contributed by atoms with Crippen LogP contribution in [0.5, 0.6) is 0 Å². The number of nitrogens with one attached hydrogen (secondary N) is 2. The number of hydrogen-bond donors (Lipinski definition) is 2. The van der Waals surface area contributed by atoms with E-state index >= 15 is 0 Å². The van der Waals surface area contributed by atoms with E-state index in [1.165, 1.54) is 0 Å². The van der Waals surface area contributed by atoms with E-state index in [2.05, 4.69) is 15.6 Å². The van der Waals surface area contributed by atoms with Crippen LogP contribution in [0.3, 0.4) is 0 Å². The molecule has 18 heavy (non-hydrogen) atoms. The van der Waals surface area contributed by atoms with Crippen molar-refractivity contribution in [1.29, 1.82) is 0 Å². The number of methoxy groups -OCH3 is 1. The first-order chi connectivity index (χ1) is 8.74. The molecule has 0 aliphatic heterocycles. The molecule has 0 aliphatic carbocycles. The summed E-state index contributed by atoms with van der Waals surface area (Å²) in [7, 11) is 1.65. The molecule has 0 fully saturated rings. The number of hydrogen-bond acceptors (Lipinski definition) is 4. The molecule has 1 unspecified atom stereocenters. The summed E-state index contributed by atoms with van der Waals surface area (Å²) >= 11 is 0. The maximum Gasteiger partial charge on any atom is 0.236 e. The summed E-state index contributed by atoms with van der Waals surface area (Å²) in [6, 6.07) is 5.50. The minimum atomic E-state index is -0.227. The molecule has 1 heterocycles. The highest BCUT2D eigenvalue weighted by molar-refractivity contribution is 5.81. The number of aromatic nitrogens is 1. The van der Waals surface area contributed by atoms with Gasteiger partial charge in [-0.05, 0) is 25.5 Å². The van der Waals surface area contributed by atoms with Gasteiger partial charge in [-0.1, -0.05) is 6.07 Å². The van der Waals surface area contributed by atoms with Gasteiger partial charge in [0.05, 0.1) is 11.7 Å². The summed E-state index contributed by atoms with van der Waals surface area (Å²) in [5.74, 6) is 0.00188.